The van der Waals surface area contributed by atoms with Gasteiger partial charge in [0, 0.05) is 12.1 Å². The Balaban J connectivity index is 3.33. The van der Waals surface area contributed by atoms with Crippen LogP contribution in [0.4, 0.5) is 32.3 Å². The standard InChI is InChI=1S/C12H14N4O8/c1-3-23-11(17)13-7-5-10(16(21)22)8(6-9(7)15(19)20)14-12(18)24-4-2/h5-6H,3-4H2,1-2H3,(H,13,17)(H,14,18). The zero-order valence-electron chi connectivity index (χ0n) is 12.7. The number of benzene rings is 1. The van der Waals surface area contributed by atoms with E-state index in [4.69, 9.17) is 0 Å². The average molecular weight is 342 g/mol. The molecule has 0 fully saturated rings. The Morgan fingerprint density at radius 3 is 1.50 bits per heavy atom. The summed E-state index contributed by atoms with van der Waals surface area (Å²) in [6, 6.07) is 1.49. The van der Waals surface area contributed by atoms with Gasteiger partial charge in [0.05, 0.1) is 23.1 Å². The third-order valence-corrected chi connectivity index (χ3v) is 2.53. The maximum absolute atomic E-state index is 11.4. The zero-order valence-corrected chi connectivity index (χ0v) is 12.7. The third kappa shape index (κ3) is 4.79. The number of nitro benzene ring substituents is 2. The molecule has 2 amide bonds. The number of hydrogen-bond acceptors (Lipinski definition) is 8. The van der Waals surface area contributed by atoms with Gasteiger partial charge >= 0.3 is 12.2 Å². The van der Waals surface area contributed by atoms with Crippen molar-refractivity contribution in [1.82, 2.24) is 0 Å². The van der Waals surface area contributed by atoms with Gasteiger partial charge in [0.1, 0.15) is 11.4 Å². The first-order chi connectivity index (χ1) is 11.3. The predicted molar refractivity (Wildman–Crippen MR) is 81.0 cm³/mol. The topological polar surface area (TPSA) is 163 Å². The van der Waals surface area contributed by atoms with Gasteiger partial charge in [-0.1, -0.05) is 0 Å². The van der Waals surface area contributed by atoms with Crippen molar-refractivity contribution >= 4 is 34.9 Å². The van der Waals surface area contributed by atoms with Crippen molar-refractivity contribution in [3.8, 4) is 0 Å². The van der Waals surface area contributed by atoms with E-state index >= 15 is 0 Å². The molecule has 0 aliphatic rings. The number of nitrogens with zero attached hydrogens (tertiary/aromatic N) is 2. The van der Waals surface area contributed by atoms with Crippen molar-refractivity contribution < 1.29 is 28.9 Å². The van der Waals surface area contributed by atoms with Gasteiger partial charge in [-0.05, 0) is 13.8 Å². The van der Waals surface area contributed by atoms with Crippen LogP contribution >= 0.6 is 0 Å². The molecule has 1 aromatic carbocycles. The summed E-state index contributed by atoms with van der Waals surface area (Å²) in [6.45, 7) is 3.04. The third-order valence-electron chi connectivity index (χ3n) is 2.53. The molecule has 0 aromatic heterocycles. The number of carbonyl (C=O) groups is 2. The Labute approximate surface area is 135 Å². The summed E-state index contributed by atoms with van der Waals surface area (Å²) in [5.41, 5.74) is -2.22. The molecular weight excluding hydrogens is 328 g/mol. The highest BCUT2D eigenvalue weighted by Crippen LogP contribution is 2.36. The molecule has 1 rings (SSSR count). The molecular formula is C12H14N4O8. The van der Waals surface area contributed by atoms with E-state index in [0.29, 0.717) is 0 Å². The fourth-order valence-electron chi connectivity index (χ4n) is 1.63. The number of rotatable bonds is 6. The highest BCUT2D eigenvalue weighted by atomic mass is 16.6. The predicted octanol–water partition coefficient (Wildman–Crippen LogP) is 2.64. The first-order valence-electron chi connectivity index (χ1n) is 6.64. The lowest BCUT2D eigenvalue weighted by atomic mass is 10.2. The Kier molecular flexibility index (Phi) is 6.40. The lowest BCUT2D eigenvalue weighted by molar-refractivity contribution is -0.387. The molecule has 0 heterocycles. The molecule has 0 saturated carbocycles. The second-order valence-corrected chi connectivity index (χ2v) is 4.09. The highest BCUT2D eigenvalue weighted by molar-refractivity contribution is 5.94. The molecule has 0 radical (unpaired) electrons. The molecule has 0 aliphatic heterocycles. The van der Waals surface area contributed by atoms with Crippen molar-refractivity contribution in [2.45, 2.75) is 13.8 Å². The van der Waals surface area contributed by atoms with Gasteiger partial charge in [0.25, 0.3) is 11.4 Å². The molecule has 0 atom stereocenters. The minimum atomic E-state index is -1.01. The smallest absolute Gasteiger partial charge is 0.411 e. The van der Waals surface area contributed by atoms with Crippen LogP contribution in [0.1, 0.15) is 13.8 Å². The first-order valence-corrected chi connectivity index (χ1v) is 6.64. The van der Waals surface area contributed by atoms with E-state index in [1.54, 1.807) is 0 Å². The van der Waals surface area contributed by atoms with Gasteiger partial charge in [0.15, 0.2) is 0 Å². The number of hydrogen-bond donors (Lipinski definition) is 2. The van der Waals surface area contributed by atoms with Crippen LogP contribution in [0, 0.1) is 20.2 Å². The largest absolute Gasteiger partial charge is 0.450 e. The summed E-state index contributed by atoms with van der Waals surface area (Å²) in [5, 5.41) is 26.3. The molecule has 130 valence electrons. The fourth-order valence-corrected chi connectivity index (χ4v) is 1.63. The molecule has 12 nitrogen and oxygen atoms in total. The number of amides is 2. The van der Waals surface area contributed by atoms with Crippen molar-refractivity contribution in [3.63, 3.8) is 0 Å². The summed E-state index contributed by atoms with van der Waals surface area (Å²) < 4.78 is 9.15. The normalized spacial score (nSPS) is 9.75. The monoisotopic (exact) mass is 342 g/mol. The molecule has 24 heavy (non-hydrogen) atoms. The van der Waals surface area contributed by atoms with Crippen LogP contribution in [0.15, 0.2) is 12.1 Å². The van der Waals surface area contributed by atoms with E-state index in [9.17, 15) is 29.8 Å². The Bertz CT molecular complexity index is 618. The molecule has 2 N–H and O–H groups in total. The van der Waals surface area contributed by atoms with E-state index in [1.165, 1.54) is 13.8 Å². The second-order valence-electron chi connectivity index (χ2n) is 4.09. The SMILES string of the molecule is CCOC(=O)Nc1cc([N+](=O)[O-])c(NC(=O)OCC)cc1[N+](=O)[O-]. The average Bonchev–Trinajstić information content (AvgIpc) is 2.48. The quantitative estimate of drug-likeness (QED) is 0.588. The van der Waals surface area contributed by atoms with Gasteiger partial charge < -0.3 is 9.47 Å². The van der Waals surface area contributed by atoms with Gasteiger partial charge in [-0.2, -0.15) is 0 Å². The maximum atomic E-state index is 11.4. The van der Waals surface area contributed by atoms with Crippen molar-refractivity contribution in [1.29, 1.82) is 0 Å². The number of nitro groups is 2. The number of carbonyl (C=O) groups excluding carboxylic acids is 2. The highest BCUT2D eigenvalue weighted by Gasteiger charge is 2.26. The number of anilines is 2. The van der Waals surface area contributed by atoms with Crippen LogP contribution in [0.3, 0.4) is 0 Å². The lowest BCUT2D eigenvalue weighted by Gasteiger charge is -2.09. The first kappa shape index (κ1) is 18.6. The summed E-state index contributed by atoms with van der Waals surface area (Å²) >= 11 is 0. The van der Waals surface area contributed by atoms with Crippen LogP contribution in [0.2, 0.25) is 0 Å². The van der Waals surface area contributed by atoms with Crippen LogP contribution < -0.4 is 10.6 Å². The fraction of sp³-hybridized carbons (Fsp3) is 0.333. The molecule has 12 heteroatoms. The van der Waals surface area contributed by atoms with E-state index < -0.39 is 44.8 Å². The van der Waals surface area contributed by atoms with E-state index in [1.807, 2.05) is 10.6 Å². The maximum Gasteiger partial charge on any atom is 0.411 e. The second kappa shape index (κ2) is 8.26. The van der Waals surface area contributed by atoms with Crippen molar-refractivity contribution in [2.75, 3.05) is 23.8 Å². The van der Waals surface area contributed by atoms with Crippen molar-refractivity contribution in [2.24, 2.45) is 0 Å². The molecule has 0 spiro atoms. The Morgan fingerprint density at radius 2 is 1.25 bits per heavy atom. The molecule has 0 saturated heterocycles. The molecule has 0 unspecified atom stereocenters. The summed E-state index contributed by atoms with van der Waals surface area (Å²) in [4.78, 5) is 43.3. The van der Waals surface area contributed by atoms with Crippen molar-refractivity contribution in [3.05, 3.63) is 32.4 Å². The lowest BCUT2D eigenvalue weighted by Crippen LogP contribution is -2.17. The molecule has 0 bridgehead atoms. The number of nitrogens with one attached hydrogen (secondary N) is 2. The van der Waals surface area contributed by atoms with E-state index in [2.05, 4.69) is 9.47 Å². The Morgan fingerprint density at radius 1 is 0.917 bits per heavy atom. The number of ether oxygens (including phenoxy) is 2. The van der Waals surface area contributed by atoms with Crippen LogP contribution in [0.5, 0.6) is 0 Å². The van der Waals surface area contributed by atoms with Gasteiger partial charge in [-0.25, -0.2) is 9.59 Å². The van der Waals surface area contributed by atoms with Gasteiger partial charge in [-0.15, -0.1) is 0 Å². The summed E-state index contributed by atoms with van der Waals surface area (Å²) in [6.07, 6.45) is -2.03. The van der Waals surface area contributed by atoms with Gasteiger partial charge in [-0.3, -0.25) is 30.9 Å². The van der Waals surface area contributed by atoms with E-state index in [-0.39, 0.29) is 13.2 Å². The summed E-state index contributed by atoms with van der Waals surface area (Å²) in [5.74, 6) is 0. The van der Waals surface area contributed by atoms with Gasteiger partial charge in [0.2, 0.25) is 0 Å². The summed E-state index contributed by atoms with van der Waals surface area (Å²) in [7, 11) is 0. The van der Waals surface area contributed by atoms with Crippen LogP contribution in [-0.4, -0.2) is 35.2 Å². The minimum absolute atomic E-state index is 0.00419. The molecule has 0 aliphatic carbocycles. The van der Waals surface area contributed by atoms with Crippen LogP contribution in [0.25, 0.3) is 0 Å². The van der Waals surface area contributed by atoms with E-state index in [0.717, 1.165) is 12.1 Å². The zero-order chi connectivity index (χ0) is 18.3. The Hall–Kier alpha value is -3.44. The minimum Gasteiger partial charge on any atom is -0.450 e. The molecule has 1 aromatic rings. The van der Waals surface area contributed by atoms with Crippen LogP contribution in [-0.2, 0) is 9.47 Å².